The second-order valence-electron chi connectivity index (χ2n) is 5.89. The number of piperidine rings is 1. The van der Waals surface area contributed by atoms with Crippen molar-refractivity contribution < 1.29 is 4.79 Å². The van der Waals surface area contributed by atoms with E-state index in [0.29, 0.717) is 10.9 Å². The third-order valence-electron chi connectivity index (χ3n) is 4.28. The van der Waals surface area contributed by atoms with Gasteiger partial charge in [0.25, 0.3) is 5.91 Å². The van der Waals surface area contributed by atoms with Crippen LogP contribution in [0.25, 0.3) is 0 Å². The van der Waals surface area contributed by atoms with Crippen LogP contribution >= 0.6 is 23.2 Å². The Morgan fingerprint density at radius 1 is 1.09 bits per heavy atom. The maximum atomic E-state index is 12.6. The minimum Gasteiger partial charge on any atom is -0.337 e. The molecule has 0 atom stereocenters. The molecule has 120 valence electrons. The van der Waals surface area contributed by atoms with Crippen molar-refractivity contribution in [2.45, 2.75) is 19.3 Å². The van der Waals surface area contributed by atoms with Crippen molar-refractivity contribution >= 4 is 29.1 Å². The molecule has 1 fully saturated rings. The highest BCUT2D eigenvalue weighted by atomic mass is 35.5. The lowest BCUT2D eigenvalue weighted by Crippen LogP contribution is -2.39. The number of rotatable bonds is 3. The third-order valence-corrected chi connectivity index (χ3v) is 4.80. The molecule has 3 rings (SSSR count). The number of nitrogens with zero attached hydrogens (tertiary/aromatic N) is 2. The van der Waals surface area contributed by atoms with Gasteiger partial charge in [-0.05, 0) is 42.9 Å². The van der Waals surface area contributed by atoms with E-state index in [0.717, 1.165) is 32.4 Å². The van der Waals surface area contributed by atoms with Gasteiger partial charge < -0.3 is 4.90 Å². The van der Waals surface area contributed by atoms with Crippen LogP contribution in [0.3, 0.4) is 0 Å². The zero-order valence-corrected chi connectivity index (χ0v) is 14.2. The molecule has 5 heteroatoms. The van der Waals surface area contributed by atoms with Gasteiger partial charge >= 0.3 is 0 Å². The molecule has 1 aliphatic heterocycles. The molecule has 23 heavy (non-hydrogen) atoms. The van der Waals surface area contributed by atoms with Crippen LogP contribution in [0.1, 0.15) is 28.9 Å². The summed E-state index contributed by atoms with van der Waals surface area (Å²) in [6, 6.07) is 13.7. The predicted octanol–water partition coefficient (Wildman–Crippen LogP) is 4.48. The summed E-state index contributed by atoms with van der Waals surface area (Å²) in [7, 11) is 0. The average molecular weight is 349 g/mol. The summed E-state index contributed by atoms with van der Waals surface area (Å²) < 4.78 is 0. The molecule has 0 spiro atoms. The maximum absolute atomic E-state index is 12.6. The molecule has 2 aromatic rings. The second kappa shape index (κ2) is 7.33. The largest absolute Gasteiger partial charge is 0.337 e. The average Bonchev–Trinajstić information content (AvgIpc) is 2.58. The Hall–Kier alpha value is -1.58. The van der Waals surface area contributed by atoms with E-state index in [1.54, 1.807) is 12.1 Å². The minimum atomic E-state index is -0.129. The van der Waals surface area contributed by atoms with Crippen molar-refractivity contribution in [1.29, 1.82) is 0 Å². The maximum Gasteiger partial charge on any atom is 0.274 e. The molecule has 1 aromatic heterocycles. The predicted molar refractivity (Wildman–Crippen MR) is 93.0 cm³/mol. The van der Waals surface area contributed by atoms with Gasteiger partial charge in [0.1, 0.15) is 10.8 Å². The van der Waals surface area contributed by atoms with Crippen LogP contribution in [0.2, 0.25) is 10.2 Å². The van der Waals surface area contributed by atoms with Crippen LogP contribution in [0.4, 0.5) is 0 Å². The first kappa shape index (κ1) is 16.3. The summed E-state index contributed by atoms with van der Waals surface area (Å²) >= 11 is 12.0. The highest BCUT2D eigenvalue weighted by molar-refractivity contribution is 6.34. The van der Waals surface area contributed by atoms with E-state index in [4.69, 9.17) is 23.2 Å². The number of hydrogen-bond donors (Lipinski definition) is 0. The zero-order chi connectivity index (χ0) is 16.2. The van der Waals surface area contributed by atoms with Crippen molar-refractivity contribution in [3.8, 4) is 0 Å². The van der Waals surface area contributed by atoms with Crippen molar-refractivity contribution in [2.75, 3.05) is 13.1 Å². The van der Waals surface area contributed by atoms with E-state index in [1.165, 1.54) is 5.56 Å². The fourth-order valence-corrected chi connectivity index (χ4v) is 3.34. The van der Waals surface area contributed by atoms with E-state index in [9.17, 15) is 4.79 Å². The normalized spacial score (nSPS) is 15.7. The molecule has 1 aromatic carbocycles. The molecular formula is C18H18Cl2N2O. The van der Waals surface area contributed by atoms with Gasteiger partial charge in [0.2, 0.25) is 0 Å². The molecule has 1 aliphatic rings. The fraction of sp³-hybridized carbons (Fsp3) is 0.333. The highest BCUT2D eigenvalue weighted by Gasteiger charge is 2.26. The van der Waals surface area contributed by atoms with Crippen molar-refractivity contribution in [3.63, 3.8) is 0 Å². The van der Waals surface area contributed by atoms with Gasteiger partial charge in [-0.25, -0.2) is 4.98 Å². The molecule has 1 amide bonds. The van der Waals surface area contributed by atoms with Crippen LogP contribution in [-0.2, 0) is 6.42 Å². The molecule has 0 radical (unpaired) electrons. The second-order valence-corrected chi connectivity index (χ2v) is 6.68. The van der Waals surface area contributed by atoms with Gasteiger partial charge in [-0.2, -0.15) is 0 Å². The van der Waals surface area contributed by atoms with E-state index in [1.807, 2.05) is 11.0 Å². The summed E-state index contributed by atoms with van der Waals surface area (Å²) in [6.45, 7) is 1.47. The van der Waals surface area contributed by atoms with Crippen molar-refractivity contribution in [1.82, 2.24) is 9.88 Å². The molecule has 0 saturated carbocycles. The smallest absolute Gasteiger partial charge is 0.274 e. The molecular weight excluding hydrogens is 331 g/mol. The highest BCUT2D eigenvalue weighted by Crippen LogP contribution is 2.24. The fourth-order valence-electron chi connectivity index (χ4n) is 3.01. The number of carbonyl (C=O) groups excluding carboxylic acids is 1. The van der Waals surface area contributed by atoms with E-state index < -0.39 is 0 Å². The molecule has 0 aliphatic carbocycles. The Morgan fingerprint density at radius 3 is 2.48 bits per heavy atom. The van der Waals surface area contributed by atoms with Crippen LogP contribution in [-0.4, -0.2) is 28.9 Å². The third kappa shape index (κ3) is 4.04. The molecule has 0 bridgehead atoms. The van der Waals surface area contributed by atoms with Gasteiger partial charge in [-0.1, -0.05) is 53.5 Å². The first-order valence-electron chi connectivity index (χ1n) is 7.79. The monoisotopic (exact) mass is 348 g/mol. The SMILES string of the molecule is O=C(c1nc(Cl)ccc1Cl)N1CCC(Cc2ccccc2)CC1. The van der Waals surface area contributed by atoms with Crippen molar-refractivity contribution in [2.24, 2.45) is 5.92 Å². The zero-order valence-electron chi connectivity index (χ0n) is 12.7. The number of likely N-dealkylation sites (tertiary alicyclic amines) is 1. The van der Waals surface area contributed by atoms with Gasteiger partial charge in [0.15, 0.2) is 0 Å². The van der Waals surface area contributed by atoms with Gasteiger partial charge in [-0.15, -0.1) is 0 Å². The Morgan fingerprint density at radius 2 is 1.78 bits per heavy atom. The molecule has 2 heterocycles. The number of halogens is 2. The lowest BCUT2D eigenvalue weighted by molar-refractivity contribution is 0.0685. The van der Waals surface area contributed by atoms with Crippen molar-refractivity contribution in [3.05, 3.63) is 63.9 Å². The number of carbonyl (C=O) groups is 1. The van der Waals surface area contributed by atoms with Crippen LogP contribution in [0.15, 0.2) is 42.5 Å². The summed E-state index contributed by atoms with van der Waals surface area (Å²) in [5, 5.41) is 0.641. The Bertz CT molecular complexity index is 683. The number of pyridine rings is 1. The Labute approximate surface area is 146 Å². The number of hydrogen-bond acceptors (Lipinski definition) is 2. The van der Waals surface area contributed by atoms with E-state index in [2.05, 4.69) is 29.2 Å². The summed E-state index contributed by atoms with van der Waals surface area (Å²) in [4.78, 5) is 18.5. The van der Waals surface area contributed by atoms with Gasteiger partial charge in [-0.3, -0.25) is 4.79 Å². The number of aromatic nitrogens is 1. The Balaban J connectivity index is 1.60. The summed E-state index contributed by atoms with van der Waals surface area (Å²) in [5.41, 5.74) is 1.61. The number of amides is 1. The minimum absolute atomic E-state index is 0.129. The first-order valence-corrected chi connectivity index (χ1v) is 8.54. The van der Waals surface area contributed by atoms with Crippen LogP contribution in [0.5, 0.6) is 0 Å². The van der Waals surface area contributed by atoms with Gasteiger partial charge in [0, 0.05) is 13.1 Å². The van der Waals surface area contributed by atoms with Gasteiger partial charge in [0.05, 0.1) is 5.02 Å². The van der Waals surface area contributed by atoms with E-state index >= 15 is 0 Å². The van der Waals surface area contributed by atoms with E-state index in [-0.39, 0.29) is 16.8 Å². The topological polar surface area (TPSA) is 33.2 Å². The molecule has 0 N–H and O–H groups in total. The first-order chi connectivity index (χ1) is 11.1. The van der Waals surface area contributed by atoms with Crippen LogP contribution in [0, 0.1) is 5.92 Å². The molecule has 3 nitrogen and oxygen atoms in total. The number of benzene rings is 1. The lowest BCUT2D eigenvalue weighted by atomic mass is 9.90. The standard InChI is InChI=1S/C18H18Cl2N2O/c19-15-6-7-16(20)21-17(15)18(23)22-10-8-14(9-11-22)12-13-4-2-1-3-5-13/h1-7,14H,8-12H2. The lowest BCUT2D eigenvalue weighted by Gasteiger charge is -2.32. The summed E-state index contributed by atoms with van der Waals surface area (Å²) in [5.74, 6) is 0.486. The van der Waals surface area contributed by atoms with Crippen LogP contribution < -0.4 is 0 Å². The molecule has 1 saturated heterocycles. The summed E-state index contributed by atoms with van der Waals surface area (Å²) in [6.07, 6.45) is 3.07. The Kier molecular flexibility index (Phi) is 5.19. The molecule has 0 unspecified atom stereocenters. The quantitative estimate of drug-likeness (QED) is 0.766.